The summed E-state index contributed by atoms with van der Waals surface area (Å²) in [7, 11) is 0. The summed E-state index contributed by atoms with van der Waals surface area (Å²) >= 11 is 0. The third kappa shape index (κ3) is 44.0. The van der Waals surface area contributed by atoms with Crippen molar-refractivity contribution in [2.75, 3.05) is 13.2 Å². The van der Waals surface area contributed by atoms with Crippen molar-refractivity contribution in [3.05, 3.63) is 0 Å². The summed E-state index contributed by atoms with van der Waals surface area (Å²) in [5.74, 6) is 0.846. The molecule has 0 rings (SSSR count). The van der Waals surface area contributed by atoms with Gasteiger partial charge in [-0.3, -0.25) is 14.4 Å². The average Bonchev–Trinajstić information content (AvgIpc) is 3.21. The van der Waals surface area contributed by atoms with Crippen LogP contribution in [0.3, 0.4) is 0 Å². The van der Waals surface area contributed by atoms with Gasteiger partial charge in [-0.05, 0) is 31.1 Å². The van der Waals surface area contributed by atoms with Gasteiger partial charge in [0.05, 0.1) is 0 Å². The molecule has 0 amide bonds. The topological polar surface area (TPSA) is 78.9 Å². The third-order valence-corrected chi connectivity index (χ3v) is 12.1. The predicted octanol–water partition coefficient (Wildman–Crippen LogP) is 16.5. The van der Waals surface area contributed by atoms with Crippen LogP contribution in [0, 0.1) is 11.8 Å². The Balaban J connectivity index is 4.33. The highest BCUT2D eigenvalue weighted by atomic mass is 16.6. The minimum absolute atomic E-state index is 0.0638. The van der Waals surface area contributed by atoms with E-state index in [0.717, 1.165) is 69.6 Å². The standard InChI is InChI=1S/C52H100O6/c1-6-8-9-10-11-12-13-16-22-27-32-37-42-50(53)56-45-49(58-52(55)44-39-34-29-24-17-14-15-20-25-30-35-40-47(3)4)46-57-51(54)43-38-33-28-23-19-18-21-26-31-36-41-48(5)7-2/h47-49H,6-46H2,1-5H3/t48?,49-/m1/s1. The van der Waals surface area contributed by atoms with Crippen molar-refractivity contribution >= 4 is 17.9 Å². The van der Waals surface area contributed by atoms with Crippen LogP contribution in [0.4, 0.5) is 0 Å². The maximum absolute atomic E-state index is 12.8. The van der Waals surface area contributed by atoms with Crippen molar-refractivity contribution < 1.29 is 28.6 Å². The summed E-state index contributed by atoms with van der Waals surface area (Å²) in [4.78, 5) is 37.9. The Morgan fingerprint density at radius 1 is 0.362 bits per heavy atom. The van der Waals surface area contributed by atoms with Gasteiger partial charge >= 0.3 is 17.9 Å². The zero-order chi connectivity index (χ0) is 42.6. The van der Waals surface area contributed by atoms with E-state index in [1.54, 1.807) is 0 Å². The molecule has 0 aliphatic heterocycles. The monoisotopic (exact) mass is 821 g/mol. The van der Waals surface area contributed by atoms with Crippen LogP contribution in [-0.2, 0) is 28.6 Å². The highest BCUT2D eigenvalue weighted by molar-refractivity contribution is 5.71. The van der Waals surface area contributed by atoms with Gasteiger partial charge in [0.15, 0.2) is 6.10 Å². The van der Waals surface area contributed by atoms with Gasteiger partial charge in [0, 0.05) is 19.3 Å². The zero-order valence-corrected chi connectivity index (χ0v) is 39.7. The lowest BCUT2D eigenvalue weighted by Gasteiger charge is -2.18. The van der Waals surface area contributed by atoms with E-state index in [-0.39, 0.29) is 31.1 Å². The van der Waals surface area contributed by atoms with E-state index >= 15 is 0 Å². The number of hydrogen-bond acceptors (Lipinski definition) is 6. The quantitative estimate of drug-likeness (QED) is 0.0346. The number of unbranched alkanes of at least 4 members (excludes halogenated alkanes) is 30. The first-order chi connectivity index (χ1) is 28.3. The van der Waals surface area contributed by atoms with Crippen LogP contribution in [0.25, 0.3) is 0 Å². The smallest absolute Gasteiger partial charge is 0.306 e. The van der Waals surface area contributed by atoms with Crippen LogP contribution in [0.2, 0.25) is 0 Å². The van der Waals surface area contributed by atoms with Crippen LogP contribution in [0.5, 0.6) is 0 Å². The molecule has 344 valence electrons. The summed E-state index contributed by atoms with van der Waals surface area (Å²) in [6, 6.07) is 0. The molecule has 2 atom stereocenters. The SMILES string of the molecule is CCCCCCCCCCCCCCC(=O)OC[C@H](COC(=O)CCCCCCCCCCCCC(C)CC)OC(=O)CCCCCCCCCCCCCC(C)C. The summed E-state index contributed by atoms with van der Waals surface area (Å²) in [5, 5.41) is 0. The van der Waals surface area contributed by atoms with E-state index in [4.69, 9.17) is 14.2 Å². The van der Waals surface area contributed by atoms with Crippen molar-refractivity contribution in [2.24, 2.45) is 11.8 Å². The molecule has 6 nitrogen and oxygen atoms in total. The van der Waals surface area contributed by atoms with Gasteiger partial charge in [0.25, 0.3) is 0 Å². The maximum Gasteiger partial charge on any atom is 0.306 e. The van der Waals surface area contributed by atoms with Crippen LogP contribution in [0.1, 0.15) is 285 Å². The summed E-state index contributed by atoms with van der Waals surface area (Å²) in [6.07, 6.45) is 45.0. The lowest BCUT2D eigenvalue weighted by Crippen LogP contribution is -2.30. The Morgan fingerprint density at radius 2 is 0.655 bits per heavy atom. The molecule has 6 heteroatoms. The number of carbonyl (C=O) groups is 3. The maximum atomic E-state index is 12.8. The third-order valence-electron chi connectivity index (χ3n) is 12.1. The number of rotatable bonds is 46. The lowest BCUT2D eigenvalue weighted by atomic mass is 9.99. The fourth-order valence-electron chi connectivity index (χ4n) is 7.78. The van der Waals surface area contributed by atoms with Crippen LogP contribution in [-0.4, -0.2) is 37.2 Å². The second-order valence-corrected chi connectivity index (χ2v) is 18.5. The van der Waals surface area contributed by atoms with Crippen molar-refractivity contribution in [2.45, 2.75) is 291 Å². The minimum Gasteiger partial charge on any atom is -0.462 e. The van der Waals surface area contributed by atoms with Crippen molar-refractivity contribution in [1.82, 2.24) is 0 Å². The molecule has 0 aromatic carbocycles. The number of esters is 3. The van der Waals surface area contributed by atoms with Crippen LogP contribution < -0.4 is 0 Å². The van der Waals surface area contributed by atoms with E-state index in [2.05, 4.69) is 34.6 Å². The van der Waals surface area contributed by atoms with E-state index < -0.39 is 6.10 Å². The first-order valence-corrected chi connectivity index (χ1v) is 25.8. The Bertz CT molecular complexity index is 887. The molecular formula is C52H100O6. The van der Waals surface area contributed by atoms with Gasteiger partial charge in [0.2, 0.25) is 0 Å². The molecule has 0 radical (unpaired) electrons. The second kappa shape index (κ2) is 44.9. The van der Waals surface area contributed by atoms with E-state index in [9.17, 15) is 14.4 Å². The molecule has 0 bridgehead atoms. The van der Waals surface area contributed by atoms with Gasteiger partial charge in [-0.1, -0.05) is 247 Å². The first kappa shape index (κ1) is 56.4. The molecule has 1 unspecified atom stereocenters. The molecule has 58 heavy (non-hydrogen) atoms. The van der Waals surface area contributed by atoms with Crippen LogP contribution >= 0.6 is 0 Å². The van der Waals surface area contributed by atoms with Gasteiger partial charge in [-0.25, -0.2) is 0 Å². The number of carbonyl (C=O) groups excluding carboxylic acids is 3. The fraction of sp³-hybridized carbons (Fsp3) is 0.942. The molecule has 0 aliphatic rings. The number of ether oxygens (including phenoxy) is 3. The van der Waals surface area contributed by atoms with Gasteiger partial charge in [-0.2, -0.15) is 0 Å². The summed E-state index contributed by atoms with van der Waals surface area (Å²) in [6.45, 7) is 11.4. The molecule has 0 aromatic rings. The highest BCUT2D eigenvalue weighted by Crippen LogP contribution is 2.18. The molecule has 0 spiro atoms. The largest absolute Gasteiger partial charge is 0.462 e. The molecule has 0 heterocycles. The molecule has 0 N–H and O–H groups in total. The van der Waals surface area contributed by atoms with Crippen molar-refractivity contribution in [3.8, 4) is 0 Å². The first-order valence-electron chi connectivity index (χ1n) is 25.8. The molecule has 0 aliphatic carbocycles. The van der Waals surface area contributed by atoms with Crippen LogP contribution in [0.15, 0.2) is 0 Å². The van der Waals surface area contributed by atoms with E-state index in [0.29, 0.717) is 19.3 Å². The normalized spacial score (nSPS) is 12.5. The van der Waals surface area contributed by atoms with Crippen molar-refractivity contribution in [1.29, 1.82) is 0 Å². The Kier molecular flexibility index (Phi) is 43.7. The van der Waals surface area contributed by atoms with Gasteiger partial charge in [-0.15, -0.1) is 0 Å². The average molecular weight is 821 g/mol. The van der Waals surface area contributed by atoms with Gasteiger partial charge in [0.1, 0.15) is 13.2 Å². The fourth-order valence-corrected chi connectivity index (χ4v) is 7.78. The Hall–Kier alpha value is -1.59. The molecular weight excluding hydrogens is 721 g/mol. The Labute approximate surface area is 361 Å². The zero-order valence-electron chi connectivity index (χ0n) is 39.7. The molecule has 0 fully saturated rings. The number of hydrogen-bond donors (Lipinski definition) is 0. The summed E-state index contributed by atoms with van der Waals surface area (Å²) < 4.78 is 16.8. The predicted molar refractivity (Wildman–Crippen MR) is 247 cm³/mol. The second-order valence-electron chi connectivity index (χ2n) is 18.5. The molecule has 0 saturated heterocycles. The van der Waals surface area contributed by atoms with Crippen molar-refractivity contribution in [3.63, 3.8) is 0 Å². The molecule has 0 aromatic heterocycles. The Morgan fingerprint density at radius 3 is 0.983 bits per heavy atom. The van der Waals surface area contributed by atoms with E-state index in [1.807, 2.05) is 0 Å². The molecule has 0 saturated carbocycles. The lowest BCUT2D eigenvalue weighted by molar-refractivity contribution is -0.167. The highest BCUT2D eigenvalue weighted by Gasteiger charge is 2.19. The minimum atomic E-state index is -0.761. The van der Waals surface area contributed by atoms with E-state index in [1.165, 1.54) is 173 Å². The summed E-state index contributed by atoms with van der Waals surface area (Å²) in [5.41, 5.74) is 0. The van der Waals surface area contributed by atoms with Gasteiger partial charge < -0.3 is 14.2 Å².